The molecule has 3 rings (SSSR count). The lowest BCUT2D eigenvalue weighted by Crippen LogP contribution is -2.37. The Morgan fingerprint density at radius 1 is 1.08 bits per heavy atom. The number of para-hydroxylation sites is 1. The predicted octanol–water partition coefficient (Wildman–Crippen LogP) is 3.92. The fourth-order valence-corrected chi connectivity index (χ4v) is 2.79. The Kier molecular flexibility index (Phi) is 6.62. The number of halogens is 1. The van der Waals surface area contributed by atoms with E-state index in [1.54, 1.807) is 0 Å². The van der Waals surface area contributed by atoms with Gasteiger partial charge in [-0.25, -0.2) is 0 Å². The summed E-state index contributed by atoms with van der Waals surface area (Å²) in [6.07, 6.45) is 0. The molecule has 3 aromatic rings. The van der Waals surface area contributed by atoms with E-state index >= 15 is 0 Å². The van der Waals surface area contributed by atoms with Gasteiger partial charge in [0.1, 0.15) is 17.4 Å². The number of amides is 1. The van der Waals surface area contributed by atoms with E-state index in [4.69, 9.17) is 4.42 Å². The van der Waals surface area contributed by atoms with Crippen LogP contribution in [0.3, 0.4) is 0 Å². The van der Waals surface area contributed by atoms with Crippen LogP contribution in [0.4, 0.5) is 0 Å². The Bertz CT molecular complexity index is 784. The zero-order valence-electron chi connectivity index (χ0n) is 14.4. The molecule has 2 atom stereocenters. The van der Waals surface area contributed by atoms with Crippen LogP contribution in [0.1, 0.15) is 24.3 Å². The van der Waals surface area contributed by atoms with Crippen molar-refractivity contribution >= 4 is 29.3 Å². The number of carbonyl (C=O) groups is 1. The Labute approximate surface area is 154 Å². The van der Waals surface area contributed by atoms with Gasteiger partial charge in [0, 0.05) is 17.8 Å². The van der Waals surface area contributed by atoms with Crippen LogP contribution in [0.25, 0.3) is 11.0 Å². The van der Waals surface area contributed by atoms with Crippen molar-refractivity contribution in [2.75, 3.05) is 13.6 Å². The molecule has 0 saturated heterocycles. The number of hydrogen-bond donors (Lipinski definition) is 2. The van der Waals surface area contributed by atoms with Gasteiger partial charge in [-0.3, -0.25) is 4.79 Å². The van der Waals surface area contributed by atoms with Crippen LogP contribution in [0.15, 0.2) is 65.1 Å². The van der Waals surface area contributed by atoms with E-state index in [2.05, 4.69) is 10.6 Å². The third-order valence-corrected chi connectivity index (χ3v) is 4.11. The van der Waals surface area contributed by atoms with Crippen molar-refractivity contribution < 1.29 is 9.21 Å². The maximum atomic E-state index is 12.5. The normalized spacial score (nSPS) is 13.0. The summed E-state index contributed by atoms with van der Waals surface area (Å²) in [5, 5.41) is 7.19. The van der Waals surface area contributed by atoms with Crippen molar-refractivity contribution in [2.24, 2.45) is 5.92 Å². The summed E-state index contributed by atoms with van der Waals surface area (Å²) in [4.78, 5) is 12.5. The lowest BCUT2D eigenvalue weighted by atomic mass is 10.0. The summed E-state index contributed by atoms with van der Waals surface area (Å²) >= 11 is 0. The fourth-order valence-electron chi connectivity index (χ4n) is 2.79. The molecular formula is C20H23ClN2O2. The van der Waals surface area contributed by atoms with Crippen LogP contribution in [0.2, 0.25) is 0 Å². The molecular weight excluding hydrogens is 336 g/mol. The molecule has 132 valence electrons. The highest BCUT2D eigenvalue weighted by Gasteiger charge is 2.23. The van der Waals surface area contributed by atoms with Crippen molar-refractivity contribution in [2.45, 2.75) is 13.0 Å². The molecule has 2 unspecified atom stereocenters. The van der Waals surface area contributed by atoms with Gasteiger partial charge in [-0.05, 0) is 24.7 Å². The molecule has 1 aromatic heterocycles. The Hall–Kier alpha value is -2.30. The molecule has 5 heteroatoms. The average Bonchev–Trinajstić information content (AvgIpc) is 3.04. The lowest BCUT2D eigenvalue weighted by Gasteiger charge is -2.20. The zero-order chi connectivity index (χ0) is 16.9. The highest BCUT2D eigenvalue weighted by atomic mass is 35.5. The summed E-state index contributed by atoms with van der Waals surface area (Å²) < 4.78 is 5.99. The summed E-state index contributed by atoms with van der Waals surface area (Å²) in [7, 11) is 1.84. The summed E-state index contributed by atoms with van der Waals surface area (Å²) in [6, 6.07) is 19.5. The molecule has 1 heterocycles. The van der Waals surface area contributed by atoms with E-state index in [0.29, 0.717) is 6.54 Å². The second-order valence-corrected chi connectivity index (χ2v) is 6.00. The molecule has 2 N–H and O–H groups in total. The first-order valence-corrected chi connectivity index (χ1v) is 8.17. The third-order valence-electron chi connectivity index (χ3n) is 4.11. The minimum atomic E-state index is -0.301. The topological polar surface area (TPSA) is 54.3 Å². The van der Waals surface area contributed by atoms with Gasteiger partial charge >= 0.3 is 0 Å². The first kappa shape index (κ1) is 19.0. The number of fused-ring (bicyclic) bond motifs is 1. The monoisotopic (exact) mass is 358 g/mol. The smallest absolute Gasteiger partial charge is 0.224 e. The van der Waals surface area contributed by atoms with Crippen LogP contribution >= 0.6 is 12.4 Å². The van der Waals surface area contributed by atoms with Gasteiger partial charge in [-0.1, -0.05) is 55.5 Å². The van der Waals surface area contributed by atoms with Gasteiger partial charge < -0.3 is 15.1 Å². The molecule has 0 fully saturated rings. The molecule has 0 spiro atoms. The van der Waals surface area contributed by atoms with Gasteiger partial charge in [0.25, 0.3) is 0 Å². The molecule has 0 aliphatic carbocycles. The minimum Gasteiger partial charge on any atom is -0.459 e. The Morgan fingerprint density at radius 3 is 2.44 bits per heavy atom. The minimum absolute atomic E-state index is 0. The number of rotatable bonds is 6. The highest BCUT2D eigenvalue weighted by molar-refractivity contribution is 5.85. The van der Waals surface area contributed by atoms with Crippen molar-refractivity contribution in [1.82, 2.24) is 10.6 Å². The number of furan rings is 1. The Balaban J connectivity index is 0.00000225. The molecule has 0 aliphatic rings. The van der Waals surface area contributed by atoms with E-state index in [1.165, 1.54) is 0 Å². The number of nitrogens with one attached hydrogen (secondary N) is 2. The second-order valence-electron chi connectivity index (χ2n) is 6.00. The molecule has 0 bridgehead atoms. The van der Waals surface area contributed by atoms with Crippen LogP contribution in [0, 0.1) is 5.92 Å². The van der Waals surface area contributed by atoms with Gasteiger partial charge in [0.05, 0.1) is 0 Å². The number of carbonyl (C=O) groups excluding carboxylic acids is 1. The highest BCUT2D eigenvalue weighted by Crippen LogP contribution is 2.28. The van der Waals surface area contributed by atoms with Crippen LogP contribution in [0.5, 0.6) is 0 Å². The first-order chi connectivity index (χ1) is 11.7. The van der Waals surface area contributed by atoms with E-state index in [0.717, 1.165) is 22.3 Å². The molecule has 1 amide bonds. The molecule has 0 radical (unpaired) electrons. The largest absolute Gasteiger partial charge is 0.459 e. The molecule has 2 aromatic carbocycles. The summed E-state index contributed by atoms with van der Waals surface area (Å²) in [5.74, 6) is 0.622. The maximum absolute atomic E-state index is 12.5. The van der Waals surface area contributed by atoms with Gasteiger partial charge in [0.2, 0.25) is 5.91 Å². The summed E-state index contributed by atoms with van der Waals surface area (Å²) in [5.41, 5.74) is 1.83. The van der Waals surface area contributed by atoms with E-state index in [9.17, 15) is 4.79 Å². The van der Waals surface area contributed by atoms with E-state index in [1.807, 2.05) is 74.6 Å². The van der Waals surface area contributed by atoms with Gasteiger partial charge in [-0.15, -0.1) is 12.4 Å². The summed E-state index contributed by atoms with van der Waals surface area (Å²) in [6.45, 7) is 2.54. The second kappa shape index (κ2) is 8.70. The number of benzene rings is 2. The maximum Gasteiger partial charge on any atom is 0.224 e. The lowest BCUT2D eigenvalue weighted by molar-refractivity contribution is -0.125. The predicted molar refractivity (Wildman–Crippen MR) is 103 cm³/mol. The van der Waals surface area contributed by atoms with Gasteiger partial charge in [-0.2, -0.15) is 0 Å². The zero-order valence-corrected chi connectivity index (χ0v) is 15.2. The first-order valence-electron chi connectivity index (χ1n) is 8.17. The molecule has 4 nitrogen and oxygen atoms in total. The molecule has 25 heavy (non-hydrogen) atoms. The van der Waals surface area contributed by atoms with Crippen LogP contribution in [-0.2, 0) is 4.79 Å². The van der Waals surface area contributed by atoms with Crippen molar-refractivity contribution in [3.05, 3.63) is 72.0 Å². The van der Waals surface area contributed by atoms with E-state index in [-0.39, 0.29) is 30.3 Å². The van der Waals surface area contributed by atoms with Gasteiger partial charge in [0.15, 0.2) is 0 Å². The Morgan fingerprint density at radius 2 is 1.76 bits per heavy atom. The van der Waals surface area contributed by atoms with E-state index < -0.39 is 0 Å². The quantitative estimate of drug-likeness (QED) is 0.702. The SMILES string of the molecule is CNCC(C)C(=O)NC(c1ccccc1)c1cc2ccccc2o1.Cl. The fraction of sp³-hybridized carbons (Fsp3) is 0.250. The molecule has 0 saturated carbocycles. The van der Waals surface area contributed by atoms with Crippen LogP contribution < -0.4 is 10.6 Å². The average molecular weight is 359 g/mol. The molecule has 0 aliphatic heterocycles. The van der Waals surface area contributed by atoms with Crippen molar-refractivity contribution in [3.63, 3.8) is 0 Å². The van der Waals surface area contributed by atoms with Crippen molar-refractivity contribution in [3.8, 4) is 0 Å². The standard InChI is InChI=1S/C20H22N2O2.ClH/c1-14(13-21-2)20(23)22-19(15-8-4-3-5-9-15)18-12-16-10-6-7-11-17(16)24-18;/h3-12,14,19,21H,13H2,1-2H3,(H,22,23);1H. The third kappa shape index (κ3) is 4.41. The van der Waals surface area contributed by atoms with Crippen molar-refractivity contribution in [1.29, 1.82) is 0 Å². The van der Waals surface area contributed by atoms with Crippen LogP contribution in [-0.4, -0.2) is 19.5 Å². The number of hydrogen-bond acceptors (Lipinski definition) is 3.